The molecule has 3 heterocycles. The number of rotatable bonds is 5. The van der Waals surface area contributed by atoms with Crippen molar-refractivity contribution in [1.29, 1.82) is 0 Å². The third-order valence-corrected chi connectivity index (χ3v) is 5.37. The SMILES string of the molecule is O=C(CCNC[C@@H]1CCCO1)N1CCc2c([nH]c(=O)c3ccccc23)C1. The van der Waals surface area contributed by atoms with Crippen molar-refractivity contribution in [2.45, 2.75) is 38.3 Å². The maximum atomic E-state index is 12.5. The van der Waals surface area contributed by atoms with Gasteiger partial charge in [-0.25, -0.2) is 0 Å². The lowest BCUT2D eigenvalue weighted by Gasteiger charge is -2.29. The Hall–Kier alpha value is -2.18. The van der Waals surface area contributed by atoms with Gasteiger partial charge in [0.2, 0.25) is 5.91 Å². The van der Waals surface area contributed by atoms with Crippen LogP contribution >= 0.6 is 0 Å². The first-order valence-electron chi connectivity index (χ1n) is 9.45. The molecule has 0 unspecified atom stereocenters. The predicted molar refractivity (Wildman–Crippen MR) is 100 cm³/mol. The van der Waals surface area contributed by atoms with Crippen molar-refractivity contribution in [3.05, 3.63) is 45.9 Å². The van der Waals surface area contributed by atoms with Gasteiger partial charge < -0.3 is 19.9 Å². The number of carbonyl (C=O) groups is 1. The molecular weight excluding hydrogens is 330 g/mol. The molecule has 1 aromatic heterocycles. The molecule has 2 aliphatic rings. The van der Waals surface area contributed by atoms with Crippen LogP contribution in [0.3, 0.4) is 0 Å². The third kappa shape index (κ3) is 3.52. The Labute approximate surface area is 152 Å². The normalized spacial score (nSPS) is 19.7. The zero-order valence-electron chi connectivity index (χ0n) is 14.9. The van der Waals surface area contributed by atoms with E-state index in [4.69, 9.17) is 4.74 Å². The molecule has 0 radical (unpaired) electrons. The van der Waals surface area contributed by atoms with Crippen molar-refractivity contribution in [1.82, 2.24) is 15.2 Å². The summed E-state index contributed by atoms with van der Waals surface area (Å²) >= 11 is 0. The molecule has 1 saturated heterocycles. The van der Waals surface area contributed by atoms with Gasteiger partial charge in [0.1, 0.15) is 0 Å². The number of H-pyrrole nitrogens is 1. The molecule has 0 spiro atoms. The minimum Gasteiger partial charge on any atom is -0.377 e. The molecule has 1 amide bonds. The van der Waals surface area contributed by atoms with Crippen LogP contribution < -0.4 is 10.9 Å². The molecule has 1 atom stereocenters. The van der Waals surface area contributed by atoms with Crippen molar-refractivity contribution >= 4 is 16.7 Å². The maximum Gasteiger partial charge on any atom is 0.256 e. The fourth-order valence-corrected chi connectivity index (χ4v) is 3.96. The number of aromatic nitrogens is 1. The molecule has 1 aromatic carbocycles. The zero-order valence-corrected chi connectivity index (χ0v) is 14.9. The number of hydrogen-bond acceptors (Lipinski definition) is 4. The molecule has 2 N–H and O–H groups in total. The van der Waals surface area contributed by atoms with E-state index in [1.807, 2.05) is 29.2 Å². The van der Waals surface area contributed by atoms with Crippen LogP contribution in [0.1, 0.15) is 30.5 Å². The monoisotopic (exact) mass is 355 g/mol. The van der Waals surface area contributed by atoms with Crippen molar-refractivity contribution in [2.75, 3.05) is 26.2 Å². The van der Waals surface area contributed by atoms with Crippen LogP contribution in [-0.4, -0.2) is 48.1 Å². The van der Waals surface area contributed by atoms with Gasteiger partial charge >= 0.3 is 0 Å². The minimum absolute atomic E-state index is 0.0770. The Balaban J connectivity index is 1.37. The maximum absolute atomic E-state index is 12.5. The van der Waals surface area contributed by atoms with Gasteiger partial charge in [0.05, 0.1) is 12.6 Å². The van der Waals surface area contributed by atoms with Crippen molar-refractivity contribution < 1.29 is 9.53 Å². The second kappa shape index (κ2) is 7.60. The van der Waals surface area contributed by atoms with Gasteiger partial charge in [-0.2, -0.15) is 0 Å². The minimum atomic E-state index is -0.0770. The standard InChI is InChI=1S/C20H25N3O3/c24-19(7-9-21-12-14-4-3-11-26-14)23-10-8-16-15-5-1-2-6-17(15)20(25)22-18(16)13-23/h1-2,5-6,14,21H,3-4,7-13H2,(H,22,25)/t14-/m0/s1. The van der Waals surface area contributed by atoms with Crippen molar-refractivity contribution in [3.8, 4) is 0 Å². The molecule has 26 heavy (non-hydrogen) atoms. The summed E-state index contributed by atoms with van der Waals surface area (Å²) in [6.07, 6.45) is 3.78. The lowest BCUT2D eigenvalue weighted by Crippen LogP contribution is -2.39. The largest absolute Gasteiger partial charge is 0.377 e. The van der Waals surface area contributed by atoms with E-state index >= 15 is 0 Å². The van der Waals surface area contributed by atoms with Crippen LogP contribution in [0.25, 0.3) is 10.8 Å². The number of ether oxygens (including phenoxy) is 1. The highest BCUT2D eigenvalue weighted by molar-refractivity contribution is 5.86. The van der Waals surface area contributed by atoms with Crippen LogP contribution in [0.2, 0.25) is 0 Å². The van der Waals surface area contributed by atoms with Crippen molar-refractivity contribution in [2.24, 2.45) is 0 Å². The van der Waals surface area contributed by atoms with Gasteiger partial charge in [0.15, 0.2) is 0 Å². The Morgan fingerprint density at radius 3 is 2.96 bits per heavy atom. The van der Waals surface area contributed by atoms with Crippen LogP contribution in [0.5, 0.6) is 0 Å². The van der Waals surface area contributed by atoms with E-state index < -0.39 is 0 Å². The molecule has 4 rings (SSSR count). The Morgan fingerprint density at radius 1 is 1.31 bits per heavy atom. The van der Waals surface area contributed by atoms with Crippen LogP contribution in [0.15, 0.2) is 29.1 Å². The van der Waals surface area contributed by atoms with Gasteiger partial charge in [-0.15, -0.1) is 0 Å². The average Bonchev–Trinajstić information content (AvgIpc) is 3.18. The average molecular weight is 355 g/mol. The summed E-state index contributed by atoms with van der Waals surface area (Å²) in [7, 11) is 0. The van der Waals surface area contributed by atoms with E-state index in [9.17, 15) is 9.59 Å². The number of carbonyl (C=O) groups excluding carboxylic acids is 1. The fourth-order valence-electron chi connectivity index (χ4n) is 3.96. The number of amides is 1. The Kier molecular flexibility index (Phi) is 5.04. The predicted octanol–water partition coefficient (Wildman–Crippen LogP) is 1.57. The molecule has 0 bridgehead atoms. The zero-order chi connectivity index (χ0) is 17.9. The van der Waals surface area contributed by atoms with E-state index in [0.717, 1.165) is 48.9 Å². The molecule has 6 heteroatoms. The molecular formula is C20H25N3O3. The summed E-state index contributed by atoms with van der Waals surface area (Å²) in [5, 5.41) is 5.06. The number of nitrogens with zero attached hydrogens (tertiary/aromatic N) is 1. The van der Waals surface area contributed by atoms with E-state index in [1.54, 1.807) is 0 Å². The summed E-state index contributed by atoms with van der Waals surface area (Å²) < 4.78 is 5.57. The summed E-state index contributed by atoms with van der Waals surface area (Å²) in [5.74, 6) is 0.129. The lowest BCUT2D eigenvalue weighted by molar-refractivity contribution is -0.132. The second-order valence-corrected chi connectivity index (χ2v) is 7.11. The molecule has 2 aliphatic heterocycles. The quantitative estimate of drug-likeness (QED) is 0.799. The molecule has 138 valence electrons. The first-order valence-corrected chi connectivity index (χ1v) is 9.45. The number of benzene rings is 1. The van der Waals surface area contributed by atoms with Gasteiger partial charge in [-0.05, 0) is 36.3 Å². The Morgan fingerprint density at radius 2 is 2.15 bits per heavy atom. The smallest absolute Gasteiger partial charge is 0.256 e. The van der Waals surface area contributed by atoms with E-state index in [2.05, 4.69) is 10.3 Å². The number of aromatic amines is 1. The first-order chi connectivity index (χ1) is 12.7. The summed E-state index contributed by atoms with van der Waals surface area (Å²) in [6, 6.07) is 7.69. The van der Waals surface area contributed by atoms with Crippen LogP contribution in [0, 0.1) is 0 Å². The highest BCUT2D eigenvalue weighted by Crippen LogP contribution is 2.24. The molecule has 6 nitrogen and oxygen atoms in total. The fraction of sp³-hybridized carbons (Fsp3) is 0.500. The van der Waals surface area contributed by atoms with E-state index in [-0.39, 0.29) is 11.5 Å². The van der Waals surface area contributed by atoms with Crippen LogP contribution in [0.4, 0.5) is 0 Å². The Bertz CT molecular complexity index is 855. The number of fused-ring (bicyclic) bond motifs is 3. The molecule has 1 fully saturated rings. The van der Waals surface area contributed by atoms with Gasteiger partial charge in [0, 0.05) is 43.7 Å². The lowest BCUT2D eigenvalue weighted by atomic mass is 9.98. The van der Waals surface area contributed by atoms with Gasteiger partial charge in [-0.3, -0.25) is 9.59 Å². The molecule has 2 aromatic rings. The van der Waals surface area contributed by atoms with Crippen molar-refractivity contribution in [3.63, 3.8) is 0 Å². The number of pyridine rings is 1. The topological polar surface area (TPSA) is 74.4 Å². The second-order valence-electron chi connectivity index (χ2n) is 7.11. The third-order valence-electron chi connectivity index (χ3n) is 5.37. The van der Waals surface area contributed by atoms with Gasteiger partial charge in [0.25, 0.3) is 5.56 Å². The van der Waals surface area contributed by atoms with E-state index in [1.165, 1.54) is 5.56 Å². The number of hydrogen-bond donors (Lipinski definition) is 2. The highest BCUT2D eigenvalue weighted by Gasteiger charge is 2.23. The van der Waals surface area contributed by atoms with E-state index in [0.29, 0.717) is 32.2 Å². The summed E-state index contributed by atoms with van der Waals surface area (Å²) in [4.78, 5) is 29.6. The first kappa shape index (κ1) is 17.2. The molecule has 0 aliphatic carbocycles. The van der Waals surface area contributed by atoms with Gasteiger partial charge in [-0.1, -0.05) is 18.2 Å². The summed E-state index contributed by atoms with van der Waals surface area (Å²) in [6.45, 7) is 3.52. The molecule has 0 saturated carbocycles. The van der Waals surface area contributed by atoms with Crippen LogP contribution in [-0.2, 0) is 22.5 Å². The number of nitrogens with one attached hydrogen (secondary N) is 2. The summed E-state index contributed by atoms with van der Waals surface area (Å²) in [5.41, 5.74) is 1.97. The highest BCUT2D eigenvalue weighted by atomic mass is 16.5.